The van der Waals surface area contributed by atoms with E-state index in [0.29, 0.717) is 41.6 Å². The minimum atomic E-state index is -0.473. The molecule has 3 aliphatic rings. The van der Waals surface area contributed by atoms with Crippen molar-refractivity contribution in [3.63, 3.8) is 0 Å². The number of nitrogens with zero attached hydrogens (tertiary/aromatic N) is 3. The molecule has 4 unspecified atom stereocenters. The van der Waals surface area contributed by atoms with Crippen LogP contribution < -0.4 is 10.1 Å². The lowest BCUT2D eigenvalue weighted by atomic mass is 9.74. The maximum atomic E-state index is 13.6. The number of methoxy groups -OCH3 is 1. The lowest BCUT2D eigenvalue weighted by Gasteiger charge is -2.33. The summed E-state index contributed by atoms with van der Waals surface area (Å²) in [5.74, 6) is 0.509. The molecule has 0 saturated heterocycles. The van der Waals surface area contributed by atoms with Crippen LogP contribution in [0, 0.1) is 30.5 Å². The zero-order valence-corrected chi connectivity index (χ0v) is 20.9. The number of halogens is 2. The topological polar surface area (TPSA) is 103 Å². The molecule has 2 saturated carbocycles. The summed E-state index contributed by atoms with van der Waals surface area (Å²) in [5.41, 5.74) is 2.08. The van der Waals surface area contributed by atoms with Crippen LogP contribution in [0.25, 0.3) is 0 Å². The maximum Gasteiger partial charge on any atom is 0.270 e. The van der Waals surface area contributed by atoms with Crippen molar-refractivity contribution in [2.24, 2.45) is 22.9 Å². The molecule has 1 amide bonds. The number of carbonyl (C=O) groups excluding carboxylic acids is 2. The predicted octanol–water partition coefficient (Wildman–Crippen LogP) is 3.97. The molecule has 10 heteroatoms. The van der Waals surface area contributed by atoms with Crippen molar-refractivity contribution in [1.29, 1.82) is 0 Å². The van der Waals surface area contributed by atoms with Gasteiger partial charge in [0.05, 0.1) is 18.2 Å². The molecule has 1 aromatic heterocycles. The third-order valence-electron chi connectivity index (χ3n) is 7.19. The fraction of sp³-hybridized carbons (Fsp3) is 0.500. The van der Waals surface area contributed by atoms with Gasteiger partial charge in [0.2, 0.25) is 0 Å². The number of ketones is 1. The smallest absolute Gasteiger partial charge is 0.270 e. The number of Topliss-reactive ketones (excluding diaryl/α,β-unsaturated/α-hetero) is 1. The van der Waals surface area contributed by atoms with Gasteiger partial charge in [0, 0.05) is 24.8 Å². The quantitative estimate of drug-likeness (QED) is 0.561. The molecule has 2 fully saturated rings. The highest BCUT2D eigenvalue weighted by Crippen LogP contribution is 2.46. The summed E-state index contributed by atoms with van der Waals surface area (Å²) < 4.78 is 18.6. The number of rotatable bonds is 7. The Morgan fingerprint density at radius 3 is 2.78 bits per heavy atom. The van der Waals surface area contributed by atoms with E-state index < -0.39 is 11.2 Å². The van der Waals surface area contributed by atoms with Gasteiger partial charge in [-0.2, -0.15) is 0 Å². The molecule has 1 aromatic carbocycles. The summed E-state index contributed by atoms with van der Waals surface area (Å²) in [6.07, 6.45) is 3.93. The Kier molecular flexibility index (Phi) is 6.92. The molecule has 4 atom stereocenters. The molecular weight excluding hydrogens is 487 g/mol. The first-order valence-corrected chi connectivity index (χ1v) is 12.6. The zero-order valence-electron chi connectivity index (χ0n) is 20.2. The zero-order chi connectivity index (χ0) is 25.4. The molecule has 36 heavy (non-hydrogen) atoms. The van der Waals surface area contributed by atoms with Crippen molar-refractivity contribution in [2.45, 2.75) is 57.1 Å². The largest absolute Gasteiger partial charge is 0.494 e. The van der Waals surface area contributed by atoms with Gasteiger partial charge in [0.1, 0.15) is 23.3 Å². The van der Waals surface area contributed by atoms with Gasteiger partial charge in [0.15, 0.2) is 17.3 Å². The van der Waals surface area contributed by atoms with E-state index in [0.717, 1.165) is 19.3 Å². The van der Waals surface area contributed by atoms with Gasteiger partial charge in [-0.1, -0.05) is 11.2 Å². The van der Waals surface area contributed by atoms with Crippen LogP contribution in [0.15, 0.2) is 29.4 Å². The number of ether oxygens (including phenoxy) is 1. The maximum absolute atomic E-state index is 13.6. The van der Waals surface area contributed by atoms with E-state index in [1.807, 2.05) is 0 Å². The van der Waals surface area contributed by atoms with Crippen LogP contribution in [0.3, 0.4) is 0 Å². The summed E-state index contributed by atoms with van der Waals surface area (Å²) in [4.78, 5) is 39.8. The highest BCUT2D eigenvalue weighted by Gasteiger charge is 2.46. The first-order chi connectivity index (χ1) is 17.3. The van der Waals surface area contributed by atoms with E-state index >= 15 is 0 Å². The number of hydrogen-bond acceptors (Lipinski definition) is 7. The molecular formula is C26H28ClFN4O4. The van der Waals surface area contributed by atoms with E-state index in [2.05, 4.69) is 20.4 Å². The Morgan fingerprint density at radius 1 is 1.22 bits per heavy atom. The summed E-state index contributed by atoms with van der Waals surface area (Å²) in [6, 6.07) is 6.01. The van der Waals surface area contributed by atoms with Crippen LogP contribution in [0.4, 0.5) is 4.39 Å². The minimum absolute atomic E-state index is 0.0246. The molecule has 2 aromatic rings. The summed E-state index contributed by atoms with van der Waals surface area (Å²) in [7, 11) is 1.39. The van der Waals surface area contributed by atoms with Gasteiger partial charge in [-0.3, -0.25) is 9.59 Å². The van der Waals surface area contributed by atoms with E-state index in [1.54, 1.807) is 19.1 Å². The van der Waals surface area contributed by atoms with E-state index in [4.69, 9.17) is 21.2 Å². The molecule has 0 spiro atoms. The third kappa shape index (κ3) is 5.21. The Morgan fingerprint density at radius 2 is 2.03 bits per heavy atom. The Bertz CT molecular complexity index is 1220. The first kappa shape index (κ1) is 24.6. The van der Waals surface area contributed by atoms with Crippen LogP contribution in [-0.2, 0) is 16.2 Å². The highest BCUT2D eigenvalue weighted by molar-refractivity contribution is 6.31. The van der Waals surface area contributed by atoms with Gasteiger partial charge in [-0.15, -0.1) is 11.6 Å². The summed E-state index contributed by atoms with van der Waals surface area (Å²) in [5, 5.41) is 6.60. The normalized spacial score (nSPS) is 25.8. The Labute approximate surface area is 213 Å². The monoisotopic (exact) mass is 514 g/mol. The second-order valence-corrected chi connectivity index (χ2v) is 10.3. The second kappa shape index (κ2) is 10.1. The molecule has 5 rings (SSSR count). The van der Waals surface area contributed by atoms with Crippen molar-refractivity contribution in [3.05, 3.63) is 52.9 Å². The molecule has 0 bridgehead atoms. The number of alkyl halides is 1. The van der Waals surface area contributed by atoms with Crippen LogP contribution >= 0.6 is 11.6 Å². The molecule has 0 radical (unpaired) electrons. The molecule has 190 valence electrons. The standard InChI is InChI=1S/C26H28ClFN4O4/c1-13-30-20(10-22(31-13)26(34)29-12-14-3-6-19(28)24(7-14)35-2)21-11-23(36-32-21)16-8-17(15-4-5-15)25(33)18(27)9-16/h3,6-7,10,15-18,23H,4-5,8-9,11-12H2,1-2H3,(H,29,34). The van der Waals surface area contributed by atoms with Crippen molar-refractivity contribution in [2.75, 3.05) is 7.11 Å². The number of carbonyl (C=O) groups is 2. The van der Waals surface area contributed by atoms with Crippen LogP contribution in [0.5, 0.6) is 5.75 Å². The number of nitrogens with one attached hydrogen (secondary N) is 1. The van der Waals surface area contributed by atoms with Gasteiger partial charge >= 0.3 is 0 Å². The first-order valence-electron chi connectivity index (χ1n) is 12.2. The Hall–Kier alpha value is -3.07. The number of aromatic nitrogens is 2. The molecule has 1 N–H and O–H groups in total. The lowest BCUT2D eigenvalue weighted by molar-refractivity contribution is -0.127. The van der Waals surface area contributed by atoms with Crippen LogP contribution in [0.2, 0.25) is 0 Å². The predicted molar refractivity (Wildman–Crippen MR) is 131 cm³/mol. The number of hydrogen-bond donors (Lipinski definition) is 1. The molecule has 2 aliphatic carbocycles. The van der Waals surface area contributed by atoms with Crippen molar-refractivity contribution >= 4 is 29.0 Å². The molecule has 1 aliphatic heterocycles. The van der Waals surface area contributed by atoms with Gasteiger partial charge in [-0.05, 0) is 62.3 Å². The van der Waals surface area contributed by atoms with Crippen molar-refractivity contribution < 1.29 is 23.6 Å². The molecule has 2 heterocycles. The van der Waals surface area contributed by atoms with E-state index in [9.17, 15) is 14.0 Å². The van der Waals surface area contributed by atoms with E-state index in [-0.39, 0.29) is 47.6 Å². The number of benzene rings is 1. The average molecular weight is 515 g/mol. The lowest BCUT2D eigenvalue weighted by Crippen LogP contribution is -2.39. The SMILES string of the molecule is COc1cc(CNC(=O)c2cc(C3=NOC(C4CC(Cl)C(=O)C(C5CC5)C4)C3)nc(C)n2)ccc1F. The fourth-order valence-corrected chi connectivity index (χ4v) is 5.49. The van der Waals surface area contributed by atoms with Crippen molar-refractivity contribution in [1.82, 2.24) is 15.3 Å². The highest BCUT2D eigenvalue weighted by atomic mass is 35.5. The molecule has 8 nitrogen and oxygen atoms in total. The minimum Gasteiger partial charge on any atom is -0.494 e. The number of aryl methyl sites for hydroxylation is 1. The van der Waals surface area contributed by atoms with Gasteiger partial charge in [0.25, 0.3) is 5.91 Å². The van der Waals surface area contributed by atoms with Crippen molar-refractivity contribution in [3.8, 4) is 5.75 Å². The fourth-order valence-electron chi connectivity index (χ4n) is 5.10. The third-order valence-corrected chi connectivity index (χ3v) is 7.58. The number of oxime groups is 1. The van der Waals surface area contributed by atoms with Gasteiger partial charge < -0.3 is 14.9 Å². The number of amides is 1. The summed E-state index contributed by atoms with van der Waals surface area (Å²) >= 11 is 6.40. The van der Waals surface area contributed by atoms with Crippen LogP contribution in [-0.4, -0.2) is 46.0 Å². The second-order valence-electron chi connectivity index (χ2n) is 9.77. The van der Waals surface area contributed by atoms with E-state index in [1.165, 1.54) is 19.2 Å². The Balaban J connectivity index is 1.24. The average Bonchev–Trinajstić information content (AvgIpc) is 3.59. The summed E-state index contributed by atoms with van der Waals surface area (Å²) in [6.45, 7) is 1.90. The van der Waals surface area contributed by atoms with Crippen LogP contribution in [0.1, 0.15) is 59.7 Å². The van der Waals surface area contributed by atoms with Gasteiger partial charge in [-0.25, -0.2) is 14.4 Å².